The fourth-order valence-electron chi connectivity index (χ4n) is 8.44. The molecule has 1 atom stereocenters. The first kappa shape index (κ1) is 51.3. The van der Waals surface area contributed by atoms with E-state index in [1.165, 1.54) is 205 Å². The lowest BCUT2D eigenvalue weighted by Crippen LogP contribution is -2.48. The second-order valence-corrected chi connectivity index (χ2v) is 17.5. The molecule has 1 aliphatic rings. The molecule has 0 saturated carbocycles. The first-order valence-corrected chi connectivity index (χ1v) is 24.8. The van der Waals surface area contributed by atoms with Gasteiger partial charge in [0.15, 0.2) is 0 Å². The average molecular weight is 762 g/mol. The summed E-state index contributed by atoms with van der Waals surface area (Å²) < 4.78 is 0. The van der Waals surface area contributed by atoms with Gasteiger partial charge in [0.25, 0.3) is 0 Å². The Balaban J connectivity index is 2.29. The van der Waals surface area contributed by atoms with Crippen molar-refractivity contribution in [2.24, 2.45) is 11.5 Å². The lowest BCUT2D eigenvalue weighted by atomic mass is 10.0. The van der Waals surface area contributed by atoms with Crippen LogP contribution in [0.4, 0.5) is 0 Å². The van der Waals surface area contributed by atoms with E-state index < -0.39 is 0 Å². The van der Waals surface area contributed by atoms with Gasteiger partial charge in [0.2, 0.25) is 5.91 Å². The van der Waals surface area contributed by atoms with Crippen molar-refractivity contribution in [2.75, 3.05) is 58.9 Å². The molecule has 0 radical (unpaired) electrons. The summed E-state index contributed by atoms with van der Waals surface area (Å²) >= 11 is 0. The maximum absolute atomic E-state index is 13.4. The fraction of sp³-hybridized carbons (Fsp3) is 0.979. The van der Waals surface area contributed by atoms with Crippen molar-refractivity contribution in [2.45, 2.75) is 245 Å². The number of hydrogen-bond donors (Lipinski definition) is 2. The molecule has 0 aliphatic carbocycles. The maximum atomic E-state index is 13.4. The van der Waals surface area contributed by atoms with Crippen molar-refractivity contribution in [1.82, 2.24) is 14.7 Å². The van der Waals surface area contributed by atoms with Crippen LogP contribution in [0.2, 0.25) is 0 Å². The van der Waals surface area contributed by atoms with Crippen LogP contribution in [0.1, 0.15) is 239 Å². The van der Waals surface area contributed by atoms with Crippen molar-refractivity contribution in [3.05, 3.63) is 0 Å². The first-order valence-electron chi connectivity index (χ1n) is 24.8. The summed E-state index contributed by atoms with van der Waals surface area (Å²) in [5.41, 5.74) is 12.1. The summed E-state index contributed by atoms with van der Waals surface area (Å²) in [6, 6.07) is -0.389. The second kappa shape index (κ2) is 40.5. The van der Waals surface area contributed by atoms with Crippen LogP contribution in [0, 0.1) is 0 Å². The molecule has 4 N–H and O–H groups in total. The molecule has 1 rings (SSSR count). The number of unbranched alkanes of at least 4 members (excludes halogenated alkanes) is 31. The predicted octanol–water partition coefficient (Wildman–Crippen LogP) is 12.4. The van der Waals surface area contributed by atoms with E-state index in [2.05, 4.69) is 28.5 Å². The lowest BCUT2D eigenvalue weighted by Gasteiger charge is -2.28. The third kappa shape index (κ3) is 32.4. The molecule has 1 fully saturated rings. The number of nitrogens with two attached hydrogens (primary N) is 2. The molecule has 1 aliphatic heterocycles. The molecular weight excluding hydrogens is 663 g/mol. The zero-order valence-corrected chi connectivity index (χ0v) is 37.1. The van der Waals surface area contributed by atoms with Gasteiger partial charge in [-0.3, -0.25) is 4.79 Å². The third-order valence-electron chi connectivity index (χ3n) is 12.4. The van der Waals surface area contributed by atoms with Gasteiger partial charge in [-0.15, -0.1) is 0 Å². The van der Waals surface area contributed by atoms with Crippen LogP contribution >= 0.6 is 0 Å². The highest BCUT2D eigenvalue weighted by molar-refractivity contribution is 5.81. The van der Waals surface area contributed by atoms with E-state index in [9.17, 15) is 4.79 Å². The largest absolute Gasteiger partial charge is 0.339 e. The van der Waals surface area contributed by atoms with Gasteiger partial charge in [0.1, 0.15) is 0 Å². The Hall–Kier alpha value is -0.690. The molecule has 0 bridgehead atoms. The predicted molar refractivity (Wildman–Crippen MR) is 239 cm³/mol. The summed E-state index contributed by atoms with van der Waals surface area (Å²) in [6.07, 6.45) is 47.8. The highest BCUT2D eigenvalue weighted by Gasteiger charge is 2.23. The van der Waals surface area contributed by atoms with Gasteiger partial charge in [-0.2, -0.15) is 0 Å². The van der Waals surface area contributed by atoms with E-state index in [-0.39, 0.29) is 11.9 Å². The van der Waals surface area contributed by atoms with E-state index in [0.29, 0.717) is 6.54 Å². The summed E-state index contributed by atoms with van der Waals surface area (Å²) in [7, 11) is 0. The molecular formula is C48H99N5O. The Labute approximate surface area is 339 Å². The number of amides is 1. The second-order valence-electron chi connectivity index (χ2n) is 17.5. The van der Waals surface area contributed by atoms with Crippen LogP contribution < -0.4 is 11.5 Å². The molecule has 0 aromatic carbocycles. The first-order chi connectivity index (χ1) is 26.6. The number of nitrogens with zero attached hydrogens (tertiary/aromatic N) is 3. The standard InChI is InChI=1S/C48H99N5O/c1-3-5-7-9-11-13-15-17-19-21-23-25-27-29-31-35-39-51-41-42-52(44-46-53(45-43-51)48(54)47(50)37-33-34-38-49)40-36-32-30-28-26-24-22-20-18-16-14-12-10-8-6-4-2/h47H,3-46,49-50H2,1-2H3/t47-/m0/s1. The molecule has 322 valence electrons. The highest BCUT2D eigenvalue weighted by atomic mass is 16.2. The van der Waals surface area contributed by atoms with Crippen molar-refractivity contribution < 1.29 is 4.79 Å². The molecule has 0 unspecified atom stereocenters. The van der Waals surface area contributed by atoms with Crippen molar-refractivity contribution in [3.63, 3.8) is 0 Å². The zero-order chi connectivity index (χ0) is 39.0. The molecule has 54 heavy (non-hydrogen) atoms. The van der Waals surface area contributed by atoms with Gasteiger partial charge >= 0.3 is 0 Å². The molecule has 1 heterocycles. The highest BCUT2D eigenvalue weighted by Crippen LogP contribution is 2.16. The summed E-state index contributed by atoms with van der Waals surface area (Å²) in [6.45, 7) is 13.4. The lowest BCUT2D eigenvalue weighted by molar-refractivity contribution is -0.133. The van der Waals surface area contributed by atoms with Crippen LogP contribution in [-0.2, 0) is 4.79 Å². The van der Waals surface area contributed by atoms with Crippen LogP contribution in [-0.4, -0.2) is 85.6 Å². The van der Waals surface area contributed by atoms with E-state index in [4.69, 9.17) is 11.5 Å². The Morgan fingerprint density at radius 1 is 0.407 bits per heavy atom. The molecule has 0 aromatic heterocycles. The van der Waals surface area contributed by atoms with Crippen molar-refractivity contribution in [3.8, 4) is 0 Å². The van der Waals surface area contributed by atoms with E-state index in [1.807, 2.05) is 0 Å². The smallest absolute Gasteiger partial charge is 0.239 e. The SMILES string of the molecule is CCCCCCCCCCCCCCCCCCN1CCN(CCCCCCCCCCCCCCCCCC)CCN(C(=O)[C@@H](N)CCCCN)CC1. The minimum atomic E-state index is -0.389. The van der Waals surface area contributed by atoms with Gasteiger partial charge in [-0.05, 0) is 45.3 Å². The monoisotopic (exact) mass is 762 g/mol. The van der Waals surface area contributed by atoms with Crippen molar-refractivity contribution in [1.29, 1.82) is 0 Å². The van der Waals surface area contributed by atoms with Crippen LogP contribution in [0.25, 0.3) is 0 Å². The van der Waals surface area contributed by atoms with Gasteiger partial charge in [0, 0.05) is 39.3 Å². The van der Waals surface area contributed by atoms with Crippen molar-refractivity contribution >= 4 is 5.91 Å². The minimum Gasteiger partial charge on any atom is -0.339 e. The van der Waals surface area contributed by atoms with E-state index in [1.54, 1.807) is 0 Å². The molecule has 0 aromatic rings. The molecule has 1 amide bonds. The third-order valence-corrected chi connectivity index (χ3v) is 12.4. The fourth-order valence-corrected chi connectivity index (χ4v) is 8.44. The molecule has 6 heteroatoms. The zero-order valence-electron chi connectivity index (χ0n) is 37.1. The molecule has 1 saturated heterocycles. The minimum absolute atomic E-state index is 0.152. The molecule has 6 nitrogen and oxygen atoms in total. The topological polar surface area (TPSA) is 78.8 Å². The molecule has 0 spiro atoms. The van der Waals surface area contributed by atoms with Gasteiger partial charge < -0.3 is 26.2 Å². The van der Waals surface area contributed by atoms with E-state index in [0.717, 1.165) is 71.6 Å². The number of carbonyl (C=O) groups is 1. The Bertz CT molecular complexity index is 717. The van der Waals surface area contributed by atoms with Crippen LogP contribution in [0.3, 0.4) is 0 Å². The van der Waals surface area contributed by atoms with E-state index >= 15 is 0 Å². The Morgan fingerprint density at radius 3 is 0.981 bits per heavy atom. The average Bonchev–Trinajstić information content (AvgIpc) is 3.28. The normalized spacial score (nSPS) is 15.4. The number of hydrogen-bond acceptors (Lipinski definition) is 5. The van der Waals surface area contributed by atoms with Crippen LogP contribution in [0.5, 0.6) is 0 Å². The Morgan fingerprint density at radius 2 is 0.685 bits per heavy atom. The summed E-state index contributed by atoms with van der Waals surface area (Å²) in [5, 5.41) is 0. The van der Waals surface area contributed by atoms with Gasteiger partial charge in [-0.1, -0.05) is 213 Å². The van der Waals surface area contributed by atoms with Gasteiger partial charge in [-0.25, -0.2) is 0 Å². The van der Waals surface area contributed by atoms with Crippen LogP contribution in [0.15, 0.2) is 0 Å². The summed E-state index contributed by atoms with van der Waals surface area (Å²) in [4.78, 5) is 20.8. The number of carbonyl (C=O) groups excluding carboxylic acids is 1. The maximum Gasteiger partial charge on any atom is 0.239 e. The van der Waals surface area contributed by atoms with Gasteiger partial charge in [0.05, 0.1) is 6.04 Å². The quantitative estimate of drug-likeness (QED) is 0.0610. The Kier molecular flexibility index (Phi) is 38.5. The summed E-state index contributed by atoms with van der Waals surface area (Å²) in [5.74, 6) is 0.152. The number of rotatable bonds is 39.